The van der Waals surface area contributed by atoms with Gasteiger partial charge in [0.1, 0.15) is 0 Å². The fraction of sp³-hybridized carbons (Fsp3) is 0.364. The molecule has 0 amide bonds. The first kappa shape index (κ1) is 13.2. The van der Waals surface area contributed by atoms with Crippen LogP contribution in [0.15, 0.2) is 12.1 Å². The number of nitro benzene ring substituents is 1. The van der Waals surface area contributed by atoms with E-state index in [-0.39, 0.29) is 6.54 Å². The second-order valence-electron chi connectivity index (χ2n) is 4.45. The maximum atomic E-state index is 13.5. The van der Waals surface area contributed by atoms with Crippen LogP contribution >= 0.6 is 0 Å². The zero-order valence-corrected chi connectivity index (χ0v) is 9.65. The molecular formula is C11H10F2N2O4. The summed E-state index contributed by atoms with van der Waals surface area (Å²) >= 11 is 0. The van der Waals surface area contributed by atoms with Crippen LogP contribution in [0.4, 0.5) is 20.2 Å². The van der Waals surface area contributed by atoms with Crippen LogP contribution in [0.3, 0.4) is 0 Å². The van der Waals surface area contributed by atoms with Crippen LogP contribution < -0.4 is 5.32 Å². The topological polar surface area (TPSA) is 92.5 Å². The quantitative estimate of drug-likeness (QED) is 0.632. The molecular weight excluding hydrogens is 262 g/mol. The molecule has 0 bridgehead atoms. The molecule has 19 heavy (non-hydrogen) atoms. The Morgan fingerprint density at radius 3 is 2.58 bits per heavy atom. The van der Waals surface area contributed by atoms with Crippen LogP contribution in [0.1, 0.15) is 12.8 Å². The molecule has 0 aliphatic heterocycles. The van der Waals surface area contributed by atoms with Crippen molar-refractivity contribution in [1.82, 2.24) is 0 Å². The standard InChI is InChI=1S/C11H10F2N2O4/c12-6-1-2-7(15(18)19)9(8(6)13)14-5-11(3-4-11)10(16)17/h1-2,14H,3-5H2,(H,16,17). The van der Waals surface area contributed by atoms with Crippen LogP contribution in [0.25, 0.3) is 0 Å². The van der Waals surface area contributed by atoms with Gasteiger partial charge in [0.05, 0.1) is 10.3 Å². The van der Waals surface area contributed by atoms with E-state index in [2.05, 4.69) is 5.32 Å². The van der Waals surface area contributed by atoms with Crippen molar-refractivity contribution in [2.45, 2.75) is 12.8 Å². The second-order valence-corrected chi connectivity index (χ2v) is 4.45. The molecule has 2 N–H and O–H groups in total. The van der Waals surface area contributed by atoms with Crippen molar-refractivity contribution in [3.8, 4) is 0 Å². The van der Waals surface area contributed by atoms with Gasteiger partial charge in [-0.25, -0.2) is 8.78 Å². The number of nitrogens with zero attached hydrogens (tertiary/aromatic N) is 1. The summed E-state index contributed by atoms with van der Waals surface area (Å²) in [5.41, 5.74) is -2.27. The van der Waals surface area contributed by atoms with Crippen molar-refractivity contribution in [1.29, 1.82) is 0 Å². The molecule has 0 atom stereocenters. The number of benzene rings is 1. The van der Waals surface area contributed by atoms with Gasteiger partial charge in [-0.15, -0.1) is 0 Å². The summed E-state index contributed by atoms with van der Waals surface area (Å²) in [4.78, 5) is 20.8. The Morgan fingerprint density at radius 1 is 1.47 bits per heavy atom. The van der Waals surface area contributed by atoms with E-state index in [0.29, 0.717) is 18.9 Å². The molecule has 1 aromatic carbocycles. The van der Waals surface area contributed by atoms with Gasteiger partial charge in [-0.05, 0) is 18.9 Å². The van der Waals surface area contributed by atoms with Crippen molar-refractivity contribution in [3.63, 3.8) is 0 Å². The number of hydrogen-bond donors (Lipinski definition) is 2. The van der Waals surface area contributed by atoms with E-state index < -0.39 is 39.3 Å². The highest BCUT2D eigenvalue weighted by Gasteiger charge is 2.50. The van der Waals surface area contributed by atoms with Gasteiger partial charge in [0.25, 0.3) is 5.69 Å². The minimum atomic E-state index is -1.38. The van der Waals surface area contributed by atoms with Gasteiger partial charge >= 0.3 is 5.97 Å². The first-order chi connectivity index (χ1) is 8.87. The van der Waals surface area contributed by atoms with Crippen LogP contribution in [-0.4, -0.2) is 22.5 Å². The van der Waals surface area contributed by atoms with Gasteiger partial charge in [-0.1, -0.05) is 0 Å². The second kappa shape index (κ2) is 4.45. The van der Waals surface area contributed by atoms with Crippen LogP contribution in [0.5, 0.6) is 0 Å². The molecule has 1 saturated carbocycles. The number of nitro groups is 1. The fourth-order valence-corrected chi connectivity index (χ4v) is 1.74. The monoisotopic (exact) mass is 272 g/mol. The third-order valence-corrected chi connectivity index (χ3v) is 3.18. The van der Waals surface area contributed by atoms with Crippen LogP contribution in [-0.2, 0) is 4.79 Å². The summed E-state index contributed by atoms with van der Waals surface area (Å²) in [5.74, 6) is -3.66. The molecule has 1 aromatic rings. The summed E-state index contributed by atoms with van der Waals surface area (Å²) in [6.07, 6.45) is 0.806. The number of rotatable bonds is 5. The Balaban J connectivity index is 2.26. The normalized spacial score (nSPS) is 15.9. The average molecular weight is 272 g/mol. The Labute approximate surface area is 106 Å². The molecule has 1 aliphatic rings. The average Bonchev–Trinajstić information content (AvgIpc) is 3.11. The highest BCUT2D eigenvalue weighted by Crippen LogP contribution is 2.46. The molecule has 0 heterocycles. The molecule has 2 rings (SSSR count). The van der Waals surface area contributed by atoms with Gasteiger partial charge in [0.2, 0.25) is 0 Å². The van der Waals surface area contributed by atoms with Crippen LogP contribution in [0, 0.1) is 27.2 Å². The molecule has 0 saturated heterocycles. The van der Waals surface area contributed by atoms with Crippen molar-refractivity contribution < 1.29 is 23.6 Å². The predicted molar refractivity (Wildman–Crippen MR) is 60.8 cm³/mol. The molecule has 8 heteroatoms. The van der Waals surface area contributed by atoms with E-state index in [1.54, 1.807) is 0 Å². The number of carboxylic acid groups (broad SMARTS) is 1. The zero-order valence-electron chi connectivity index (χ0n) is 9.65. The van der Waals surface area contributed by atoms with E-state index in [1.165, 1.54) is 0 Å². The smallest absolute Gasteiger partial charge is 0.311 e. The molecule has 1 aliphatic carbocycles. The van der Waals surface area contributed by atoms with Gasteiger partial charge in [-0.3, -0.25) is 14.9 Å². The largest absolute Gasteiger partial charge is 0.481 e. The molecule has 1 fully saturated rings. The SMILES string of the molecule is O=C(O)C1(CNc2c([N+](=O)[O-])ccc(F)c2F)CC1. The number of nitrogens with one attached hydrogen (secondary N) is 1. The number of hydrogen-bond acceptors (Lipinski definition) is 4. The summed E-state index contributed by atoms with van der Waals surface area (Å²) in [6.45, 7) is -0.177. The van der Waals surface area contributed by atoms with Gasteiger partial charge in [-0.2, -0.15) is 0 Å². The number of carbonyl (C=O) groups is 1. The van der Waals surface area contributed by atoms with Crippen molar-refractivity contribution >= 4 is 17.3 Å². The lowest BCUT2D eigenvalue weighted by atomic mass is 10.1. The molecule has 6 nitrogen and oxygen atoms in total. The highest BCUT2D eigenvalue weighted by molar-refractivity contribution is 5.79. The summed E-state index contributed by atoms with van der Waals surface area (Å²) in [7, 11) is 0. The molecule has 0 aromatic heterocycles. The molecule has 0 spiro atoms. The molecule has 102 valence electrons. The lowest BCUT2D eigenvalue weighted by Gasteiger charge is -2.13. The minimum absolute atomic E-state index is 0.177. The van der Waals surface area contributed by atoms with E-state index in [0.717, 1.165) is 6.07 Å². The molecule has 0 unspecified atom stereocenters. The first-order valence-corrected chi connectivity index (χ1v) is 5.47. The summed E-state index contributed by atoms with van der Waals surface area (Å²) < 4.78 is 26.6. The lowest BCUT2D eigenvalue weighted by molar-refractivity contribution is -0.384. The number of carboxylic acids is 1. The fourth-order valence-electron chi connectivity index (χ4n) is 1.74. The maximum Gasteiger partial charge on any atom is 0.311 e. The summed E-state index contributed by atoms with van der Waals surface area (Å²) in [5, 5.41) is 22.0. The third kappa shape index (κ3) is 2.33. The molecule has 0 radical (unpaired) electrons. The Kier molecular flexibility index (Phi) is 3.09. The van der Waals surface area contributed by atoms with Crippen molar-refractivity contribution in [2.75, 3.05) is 11.9 Å². The number of aliphatic carboxylic acids is 1. The Bertz CT molecular complexity index is 558. The van der Waals surface area contributed by atoms with E-state index >= 15 is 0 Å². The van der Waals surface area contributed by atoms with Gasteiger partial charge in [0, 0.05) is 12.6 Å². The summed E-state index contributed by atoms with van der Waals surface area (Å²) in [6, 6.07) is 1.49. The third-order valence-electron chi connectivity index (χ3n) is 3.18. The number of halogens is 2. The Morgan fingerprint density at radius 2 is 2.11 bits per heavy atom. The van der Waals surface area contributed by atoms with Crippen LogP contribution in [0.2, 0.25) is 0 Å². The minimum Gasteiger partial charge on any atom is -0.481 e. The predicted octanol–water partition coefficient (Wildman–Crippen LogP) is 2.15. The van der Waals surface area contributed by atoms with Crippen molar-refractivity contribution in [2.24, 2.45) is 5.41 Å². The Hall–Kier alpha value is -2.25. The van der Waals surface area contributed by atoms with E-state index in [9.17, 15) is 23.7 Å². The van der Waals surface area contributed by atoms with Gasteiger partial charge < -0.3 is 10.4 Å². The zero-order chi connectivity index (χ0) is 14.2. The van der Waals surface area contributed by atoms with Crippen molar-refractivity contribution in [3.05, 3.63) is 33.9 Å². The van der Waals surface area contributed by atoms with E-state index in [4.69, 9.17) is 5.11 Å². The van der Waals surface area contributed by atoms with E-state index in [1.807, 2.05) is 0 Å². The highest BCUT2D eigenvalue weighted by atomic mass is 19.2. The number of anilines is 1. The lowest BCUT2D eigenvalue weighted by Crippen LogP contribution is -2.25. The van der Waals surface area contributed by atoms with Gasteiger partial charge in [0.15, 0.2) is 17.3 Å². The maximum absolute atomic E-state index is 13.5. The first-order valence-electron chi connectivity index (χ1n) is 5.47.